The van der Waals surface area contributed by atoms with Crippen LogP contribution in [0.2, 0.25) is 0 Å². The molecular weight excluding hydrogens is 239 g/mol. The van der Waals surface area contributed by atoms with Crippen molar-refractivity contribution >= 4 is 30.9 Å². The molecule has 0 N–H and O–H groups in total. The van der Waals surface area contributed by atoms with Crippen molar-refractivity contribution in [2.45, 2.75) is 10.6 Å². The van der Waals surface area contributed by atoms with Gasteiger partial charge in [0.25, 0.3) is 0 Å². The number of hydrogen-bond donors (Lipinski definition) is 0. The summed E-state index contributed by atoms with van der Waals surface area (Å²) in [5.41, 5.74) is 2.82. The first-order valence-corrected chi connectivity index (χ1v) is 4.52. The molecule has 1 unspecified atom stereocenters. The van der Waals surface area contributed by atoms with Gasteiger partial charge in [0.1, 0.15) is 0 Å². The quantitative estimate of drug-likeness (QED) is 0.619. The standard InChI is InChI=1S/C10H9.2ClH.Ti/c1-8-6-7-9-4-2-3-5-10(8)9;;;/h2-7H,1H3;2*1H;. The van der Waals surface area contributed by atoms with Gasteiger partial charge >= 0.3 is 78.6 Å². The second-order valence-corrected chi connectivity index (χ2v) is 4.74. The van der Waals surface area contributed by atoms with Crippen molar-refractivity contribution in [2.24, 2.45) is 0 Å². The normalized spacial score (nSPS) is 22.8. The van der Waals surface area contributed by atoms with E-state index in [0.717, 1.165) is 0 Å². The van der Waals surface area contributed by atoms with Crippen molar-refractivity contribution < 1.29 is 20.4 Å². The zero-order valence-electron chi connectivity index (χ0n) is 7.28. The summed E-state index contributed by atoms with van der Waals surface area (Å²) in [7, 11) is 0. The first-order valence-electron chi connectivity index (χ1n) is 3.74. The molecule has 0 aliphatic heterocycles. The fourth-order valence-corrected chi connectivity index (χ4v) is 1.95. The van der Waals surface area contributed by atoms with E-state index >= 15 is 0 Å². The Kier molecular flexibility index (Phi) is 4.75. The molecule has 1 aliphatic rings. The van der Waals surface area contributed by atoms with Crippen LogP contribution in [-0.2, 0) is 24.2 Å². The van der Waals surface area contributed by atoms with Crippen LogP contribution in [0.15, 0.2) is 30.3 Å². The molecule has 13 heavy (non-hydrogen) atoms. The zero-order valence-corrected chi connectivity index (χ0v) is 10.5. The summed E-state index contributed by atoms with van der Waals surface area (Å²) in [6, 6.07) is 8.56. The number of benzene rings is 1. The smallest absolute Gasteiger partial charge is 0.147 e. The van der Waals surface area contributed by atoms with Gasteiger partial charge in [0, 0.05) is 0 Å². The Bertz CT molecular complexity index is 318. The van der Waals surface area contributed by atoms with Crippen molar-refractivity contribution in [3.8, 4) is 0 Å². The number of allylic oxidation sites excluding steroid dienone is 1. The van der Waals surface area contributed by atoms with Gasteiger partial charge in [-0.15, -0.1) is 24.8 Å². The molecule has 0 heterocycles. The third-order valence-corrected chi connectivity index (χ3v) is 2.80. The van der Waals surface area contributed by atoms with Gasteiger partial charge in [0.05, 0.1) is 0 Å². The minimum absolute atomic E-state index is 0. The molecule has 0 amide bonds. The van der Waals surface area contributed by atoms with Crippen molar-refractivity contribution in [1.29, 1.82) is 0 Å². The Labute approximate surface area is 103 Å². The maximum atomic E-state index is 2.26. The monoisotopic (exact) mass is 249 g/mol. The minimum Gasteiger partial charge on any atom is -0.147 e. The van der Waals surface area contributed by atoms with Gasteiger partial charge in [-0.1, -0.05) is 0 Å². The molecule has 0 bridgehead atoms. The van der Waals surface area contributed by atoms with Crippen LogP contribution in [0.5, 0.6) is 0 Å². The van der Waals surface area contributed by atoms with Crippen LogP contribution in [0.4, 0.5) is 0 Å². The largest absolute Gasteiger partial charge is 0.147 e. The number of fused-ring (bicyclic) bond motifs is 1. The summed E-state index contributed by atoms with van der Waals surface area (Å²) in [6.07, 6.45) is 4.47. The van der Waals surface area contributed by atoms with Gasteiger partial charge in [-0.25, -0.2) is 0 Å². The second-order valence-electron chi connectivity index (χ2n) is 3.12. The van der Waals surface area contributed by atoms with Crippen LogP contribution in [0.25, 0.3) is 6.08 Å². The molecule has 1 aliphatic carbocycles. The van der Waals surface area contributed by atoms with Crippen molar-refractivity contribution in [1.82, 2.24) is 0 Å². The Morgan fingerprint density at radius 1 is 1.15 bits per heavy atom. The summed E-state index contributed by atoms with van der Waals surface area (Å²) in [5, 5.41) is 0. The fraction of sp³-hybridized carbons (Fsp3) is 0.200. The Morgan fingerprint density at radius 3 is 2.38 bits per heavy atom. The molecule has 2 rings (SSSR count). The van der Waals surface area contributed by atoms with E-state index in [4.69, 9.17) is 0 Å². The second kappa shape index (κ2) is 4.66. The zero-order chi connectivity index (χ0) is 7.90. The molecule has 0 spiro atoms. The molecule has 0 saturated heterocycles. The van der Waals surface area contributed by atoms with Crippen LogP contribution < -0.4 is 0 Å². The number of halogens is 2. The average Bonchev–Trinajstić information content (AvgIpc) is 2.29. The number of hydrogen-bond acceptors (Lipinski definition) is 0. The summed E-state index contributed by atoms with van der Waals surface area (Å²) in [5.74, 6) is 0. The first-order chi connectivity index (χ1) is 5.20. The molecule has 0 saturated carbocycles. The van der Waals surface area contributed by atoms with E-state index in [-0.39, 0.29) is 28.5 Å². The van der Waals surface area contributed by atoms with Gasteiger partial charge in [0.2, 0.25) is 0 Å². The molecule has 69 valence electrons. The van der Waals surface area contributed by atoms with E-state index in [1.54, 1.807) is 0 Å². The molecule has 0 nitrogen and oxygen atoms in total. The molecule has 0 fully saturated rings. The van der Waals surface area contributed by atoms with Gasteiger partial charge in [-0.05, 0) is 0 Å². The molecule has 0 aromatic heterocycles. The van der Waals surface area contributed by atoms with E-state index in [9.17, 15) is 0 Å². The summed E-state index contributed by atoms with van der Waals surface area (Å²) in [4.78, 5) is 0. The van der Waals surface area contributed by atoms with Crippen LogP contribution in [0.3, 0.4) is 0 Å². The Hall–Kier alpha value is 0.254. The SMILES string of the molecule is C[C]1([Ti])C=Cc2ccccc21.Cl.Cl. The van der Waals surface area contributed by atoms with Crippen LogP contribution in [0.1, 0.15) is 18.1 Å². The van der Waals surface area contributed by atoms with Crippen LogP contribution >= 0.6 is 24.8 Å². The van der Waals surface area contributed by atoms with Crippen molar-refractivity contribution in [3.05, 3.63) is 41.5 Å². The van der Waals surface area contributed by atoms with E-state index < -0.39 is 0 Å². The van der Waals surface area contributed by atoms with Crippen molar-refractivity contribution in [3.63, 3.8) is 0 Å². The third-order valence-electron chi connectivity index (χ3n) is 2.12. The Balaban J connectivity index is 0.000000720. The maximum absolute atomic E-state index is 2.26. The van der Waals surface area contributed by atoms with E-state index in [1.165, 1.54) is 11.1 Å². The minimum atomic E-state index is 0. The van der Waals surface area contributed by atoms with Gasteiger partial charge in [0.15, 0.2) is 0 Å². The van der Waals surface area contributed by atoms with Gasteiger partial charge < -0.3 is 0 Å². The molecule has 0 radical (unpaired) electrons. The molecule has 1 aromatic rings. The first kappa shape index (κ1) is 13.3. The van der Waals surface area contributed by atoms with Gasteiger partial charge in [-0.3, -0.25) is 0 Å². The molecular formula is C10H11Cl2Ti. The van der Waals surface area contributed by atoms with Crippen LogP contribution in [-0.4, -0.2) is 0 Å². The third kappa shape index (κ3) is 2.38. The number of rotatable bonds is 0. The molecule has 1 aromatic carbocycles. The van der Waals surface area contributed by atoms with Crippen molar-refractivity contribution in [2.75, 3.05) is 0 Å². The molecule has 3 heteroatoms. The summed E-state index contributed by atoms with van der Waals surface area (Å²) < 4.78 is 0.247. The summed E-state index contributed by atoms with van der Waals surface area (Å²) >= 11 is 2.25. The van der Waals surface area contributed by atoms with E-state index in [1.807, 2.05) is 0 Å². The molecule has 1 atom stereocenters. The maximum Gasteiger partial charge on any atom is -0.147 e. The fourth-order valence-electron chi connectivity index (χ4n) is 1.46. The topological polar surface area (TPSA) is 0 Å². The van der Waals surface area contributed by atoms with Gasteiger partial charge in [-0.2, -0.15) is 0 Å². The predicted molar refractivity (Wildman–Crippen MR) is 57.3 cm³/mol. The van der Waals surface area contributed by atoms with E-state index in [0.29, 0.717) is 0 Å². The van der Waals surface area contributed by atoms with Crippen LogP contribution in [0, 0.1) is 0 Å². The Morgan fingerprint density at radius 2 is 1.77 bits per heavy atom. The summed E-state index contributed by atoms with van der Waals surface area (Å²) in [6.45, 7) is 2.25. The van der Waals surface area contributed by atoms with E-state index in [2.05, 4.69) is 63.8 Å². The average molecular weight is 250 g/mol. The predicted octanol–water partition coefficient (Wildman–Crippen LogP) is 3.32.